The van der Waals surface area contributed by atoms with Crippen molar-refractivity contribution in [2.24, 2.45) is 0 Å². The summed E-state index contributed by atoms with van der Waals surface area (Å²) in [6.07, 6.45) is 2.07. The SMILES string of the molecule is COc1cc(NC(=O)N2CCC3OCCN(C)C3C2)cc(S(C)(=O)=O)c1. The number of anilines is 1. The summed E-state index contributed by atoms with van der Waals surface area (Å²) in [4.78, 5) is 16.7. The molecule has 0 spiro atoms. The van der Waals surface area contributed by atoms with Gasteiger partial charge in [0.25, 0.3) is 0 Å². The van der Waals surface area contributed by atoms with E-state index < -0.39 is 9.84 Å². The summed E-state index contributed by atoms with van der Waals surface area (Å²) in [5, 5.41) is 2.79. The second kappa shape index (κ2) is 7.42. The van der Waals surface area contributed by atoms with Crippen molar-refractivity contribution in [3.63, 3.8) is 0 Å². The fraction of sp³-hybridized carbons (Fsp3) is 0.588. The molecular weight excluding hydrogens is 358 g/mol. The van der Waals surface area contributed by atoms with Crippen LogP contribution in [0.15, 0.2) is 23.1 Å². The lowest BCUT2D eigenvalue weighted by molar-refractivity contribution is -0.0875. The van der Waals surface area contributed by atoms with Crippen molar-refractivity contribution in [3.8, 4) is 5.75 Å². The van der Waals surface area contributed by atoms with Gasteiger partial charge >= 0.3 is 6.03 Å². The van der Waals surface area contributed by atoms with Gasteiger partial charge in [0.15, 0.2) is 9.84 Å². The van der Waals surface area contributed by atoms with Crippen LogP contribution in [0.2, 0.25) is 0 Å². The first-order valence-electron chi connectivity index (χ1n) is 8.55. The zero-order valence-corrected chi connectivity index (χ0v) is 16.1. The number of sulfone groups is 1. The molecule has 0 bridgehead atoms. The minimum Gasteiger partial charge on any atom is -0.497 e. The third kappa shape index (κ3) is 4.11. The molecule has 2 fully saturated rings. The van der Waals surface area contributed by atoms with E-state index in [0.29, 0.717) is 24.5 Å². The fourth-order valence-electron chi connectivity index (χ4n) is 3.40. The Balaban J connectivity index is 1.73. The number of methoxy groups -OCH3 is 1. The smallest absolute Gasteiger partial charge is 0.321 e. The third-order valence-corrected chi connectivity index (χ3v) is 6.04. The molecule has 144 valence electrons. The highest BCUT2D eigenvalue weighted by Gasteiger charge is 2.36. The second-order valence-corrected chi connectivity index (χ2v) is 8.81. The van der Waals surface area contributed by atoms with Gasteiger partial charge in [0.2, 0.25) is 0 Å². The van der Waals surface area contributed by atoms with Gasteiger partial charge in [-0.2, -0.15) is 0 Å². The average Bonchev–Trinajstić information content (AvgIpc) is 2.60. The van der Waals surface area contributed by atoms with E-state index in [9.17, 15) is 13.2 Å². The fourth-order valence-corrected chi connectivity index (χ4v) is 4.08. The topological polar surface area (TPSA) is 88.2 Å². The Morgan fingerprint density at radius 2 is 2.08 bits per heavy atom. The van der Waals surface area contributed by atoms with Gasteiger partial charge in [-0.3, -0.25) is 4.90 Å². The number of rotatable bonds is 3. The maximum Gasteiger partial charge on any atom is 0.321 e. The summed E-state index contributed by atoms with van der Waals surface area (Å²) in [6.45, 7) is 2.76. The maximum atomic E-state index is 12.7. The van der Waals surface area contributed by atoms with E-state index in [1.165, 1.54) is 19.2 Å². The number of morpholine rings is 1. The monoisotopic (exact) mass is 383 g/mol. The molecule has 0 aliphatic carbocycles. The number of likely N-dealkylation sites (tertiary alicyclic amines) is 1. The molecule has 8 nitrogen and oxygen atoms in total. The number of carbonyl (C=O) groups is 1. The van der Waals surface area contributed by atoms with Crippen molar-refractivity contribution in [2.45, 2.75) is 23.5 Å². The van der Waals surface area contributed by atoms with Crippen molar-refractivity contribution < 1.29 is 22.7 Å². The molecule has 0 aromatic heterocycles. The standard InChI is InChI=1S/C17H25N3O5S/c1-19-6-7-25-16-4-5-20(11-15(16)19)17(21)18-12-8-13(24-2)10-14(9-12)26(3,22)23/h8-10,15-16H,4-7,11H2,1-3H3,(H,18,21). The van der Waals surface area contributed by atoms with Crippen LogP contribution in [-0.4, -0.2) is 83.0 Å². The molecule has 3 rings (SSSR count). The number of carbonyl (C=O) groups excluding carboxylic acids is 1. The lowest BCUT2D eigenvalue weighted by Gasteiger charge is -2.45. The number of ether oxygens (including phenoxy) is 2. The second-order valence-electron chi connectivity index (χ2n) is 6.79. The summed E-state index contributed by atoms with van der Waals surface area (Å²) >= 11 is 0. The van der Waals surface area contributed by atoms with Crippen molar-refractivity contribution in [2.75, 3.05) is 52.0 Å². The zero-order chi connectivity index (χ0) is 18.9. The van der Waals surface area contributed by atoms with Crippen LogP contribution in [0.1, 0.15) is 6.42 Å². The van der Waals surface area contributed by atoms with Gasteiger partial charge < -0.3 is 19.7 Å². The highest BCUT2D eigenvalue weighted by atomic mass is 32.2. The van der Waals surface area contributed by atoms with Crippen LogP contribution in [0, 0.1) is 0 Å². The highest BCUT2D eigenvalue weighted by Crippen LogP contribution is 2.26. The van der Waals surface area contributed by atoms with Gasteiger partial charge in [-0.15, -0.1) is 0 Å². The molecule has 0 radical (unpaired) electrons. The molecule has 0 saturated carbocycles. The van der Waals surface area contributed by atoms with E-state index in [4.69, 9.17) is 9.47 Å². The summed E-state index contributed by atoms with van der Waals surface area (Å²) in [5.41, 5.74) is 0.394. The van der Waals surface area contributed by atoms with Crippen molar-refractivity contribution >= 4 is 21.6 Å². The molecule has 1 aromatic carbocycles. The minimum absolute atomic E-state index is 0.103. The van der Waals surface area contributed by atoms with Crippen LogP contribution >= 0.6 is 0 Å². The number of hydrogen-bond acceptors (Lipinski definition) is 6. The lowest BCUT2D eigenvalue weighted by Crippen LogP contribution is -2.60. The number of hydrogen-bond donors (Lipinski definition) is 1. The summed E-state index contributed by atoms with van der Waals surface area (Å²) in [7, 11) is 0.0890. The Morgan fingerprint density at radius 3 is 2.77 bits per heavy atom. The number of nitrogens with zero attached hydrogens (tertiary/aromatic N) is 2. The first-order chi connectivity index (χ1) is 12.3. The number of urea groups is 1. The van der Waals surface area contributed by atoms with Crippen molar-refractivity contribution in [1.82, 2.24) is 9.80 Å². The molecular formula is C17H25N3O5S. The largest absolute Gasteiger partial charge is 0.497 e. The predicted molar refractivity (Wildman–Crippen MR) is 97.5 cm³/mol. The normalized spacial score (nSPS) is 24.0. The molecule has 1 N–H and O–H groups in total. The molecule has 9 heteroatoms. The molecule has 2 aliphatic rings. The highest BCUT2D eigenvalue weighted by molar-refractivity contribution is 7.90. The van der Waals surface area contributed by atoms with Crippen LogP contribution in [-0.2, 0) is 14.6 Å². The van der Waals surface area contributed by atoms with E-state index >= 15 is 0 Å². The molecule has 1 aromatic rings. The predicted octanol–water partition coefficient (Wildman–Crippen LogP) is 1.04. The Bertz CT molecular complexity index is 783. The first kappa shape index (κ1) is 18.9. The van der Waals surface area contributed by atoms with E-state index in [-0.39, 0.29) is 23.1 Å². The number of nitrogens with one attached hydrogen (secondary N) is 1. The van der Waals surface area contributed by atoms with Crippen LogP contribution in [0.3, 0.4) is 0 Å². The Morgan fingerprint density at radius 1 is 1.31 bits per heavy atom. The van der Waals surface area contributed by atoms with Crippen LogP contribution in [0.25, 0.3) is 0 Å². The van der Waals surface area contributed by atoms with Gasteiger partial charge in [0.1, 0.15) is 5.75 Å². The van der Waals surface area contributed by atoms with Crippen molar-refractivity contribution in [1.29, 1.82) is 0 Å². The number of benzene rings is 1. The minimum atomic E-state index is -3.41. The van der Waals surface area contributed by atoms with Gasteiger partial charge in [-0.25, -0.2) is 13.2 Å². The number of likely N-dealkylation sites (N-methyl/N-ethyl adjacent to an activating group) is 1. The Labute approximate surface area is 154 Å². The average molecular weight is 383 g/mol. The van der Waals surface area contributed by atoms with E-state index in [1.54, 1.807) is 11.0 Å². The quantitative estimate of drug-likeness (QED) is 0.839. The zero-order valence-electron chi connectivity index (χ0n) is 15.3. The van der Waals surface area contributed by atoms with E-state index in [2.05, 4.69) is 10.2 Å². The molecule has 2 heterocycles. The molecule has 2 aliphatic heterocycles. The van der Waals surface area contributed by atoms with Crippen LogP contribution in [0.5, 0.6) is 5.75 Å². The maximum absolute atomic E-state index is 12.7. The Kier molecular flexibility index (Phi) is 5.40. The number of piperidine rings is 1. The third-order valence-electron chi connectivity index (χ3n) is 4.94. The molecule has 26 heavy (non-hydrogen) atoms. The van der Waals surface area contributed by atoms with Crippen LogP contribution < -0.4 is 10.1 Å². The van der Waals surface area contributed by atoms with Crippen molar-refractivity contribution in [3.05, 3.63) is 18.2 Å². The summed E-state index contributed by atoms with van der Waals surface area (Å²) < 4.78 is 34.6. The summed E-state index contributed by atoms with van der Waals surface area (Å²) in [5.74, 6) is 0.377. The lowest BCUT2D eigenvalue weighted by atomic mass is 9.99. The van der Waals surface area contributed by atoms with E-state index in [1.807, 2.05) is 7.05 Å². The number of fused-ring (bicyclic) bond motifs is 1. The van der Waals surface area contributed by atoms with E-state index in [0.717, 1.165) is 25.8 Å². The van der Waals surface area contributed by atoms with Gasteiger partial charge in [0, 0.05) is 37.6 Å². The summed E-state index contributed by atoms with van der Waals surface area (Å²) in [6, 6.07) is 4.41. The molecule has 2 atom stereocenters. The first-order valence-corrected chi connectivity index (χ1v) is 10.4. The van der Waals surface area contributed by atoms with Crippen LogP contribution in [0.4, 0.5) is 10.5 Å². The molecule has 2 amide bonds. The van der Waals surface area contributed by atoms with Gasteiger partial charge in [-0.1, -0.05) is 0 Å². The van der Waals surface area contributed by atoms with Gasteiger partial charge in [0.05, 0.1) is 30.8 Å². The Hall–Kier alpha value is -1.84. The van der Waals surface area contributed by atoms with Gasteiger partial charge in [-0.05, 0) is 25.6 Å². The number of amides is 2. The molecule has 2 saturated heterocycles. The molecule has 2 unspecified atom stereocenters.